The molecule has 0 unspecified atom stereocenters. The zero-order valence-electron chi connectivity index (χ0n) is 16.1. The van der Waals surface area contributed by atoms with Crippen molar-refractivity contribution in [2.24, 2.45) is 0 Å². The van der Waals surface area contributed by atoms with E-state index >= 15 is 0 Å². The van der Waals surface area contributed by atoms with Crippen LogP contribution in [0.1, 0.15) is 86.8 Å². The molecule has 0 N–H and O–H groups in total. The fraction of sp³-hybridized carbons (Fsp3) is 0.667. The molecule has 2 aliphatic rings. The molecule has 1 aromatic heterocycles. The monoisotopic (exact) mass is 353 g/mol. The molecule has 2 saturated carbocycles. The summed E-state index contributed by atoms with van der Waals surface area (Å²) >= 11 is 0. The number of aromatic nitrogens is 4. The first-order valence-electron chi connectivity index (χ1n) is 10.3. The summed E-state index contributed by atoms with van der Waals surface area (Å²) in [6.07, 6.45) is 11.6. The van der Waals surface area contributed by atoms with Crippen molar-refractivity contribution in [2.45, 2.75) is 82.8 Å². The van der Waals surface area contributed by atoms with E-state index in [1.807, 2.05) is 0 Å². The van der Waals surface area contributed by atoms with Gasteiger partial charge in [-0.25, -0.2) is 4.68 Å². The third-order valence-corrected chi connectivity index (χ3v) is 6.38. The first-order chi connectivity index (χ1) is 12.7. The normalized spacial score (nSPS) is 20.7. The second kappa shape index (κ2) is 7.87. The summed E-state index contributed by atoms with van der Waals surface area (Å²) in [6.45, 7) is 2.15. The van der Waals surface area contributed by atoms with E-state index in [1.54, 1.807) is 0 Å². The average Bonchev–Trinajstić information content (AvgIpc) is 3.35. The van der Waals surface area contributed by atoms with Gasteiger partial charge in [0.15, 0.2) is 5.82 Å². The summed E-state index contributed by atoms with van der Waals surface area (Å²) in [5.41, 5.74) is 2.60. The summed E-state index contributed by atoms with van der Waals surface area (Å²) in [6, 6.07) is 10.1. The van der Waals surface area contributed by atoms with Gasteiger partial charge in [-0.1, -0.05) is 61.9 Å². The maximum atomic E-state index is 4.54. The summed E-state index contributed by atoms with van der Waals surface area (Å²) in [7, 11) is 2.27. The Balaban J connectivity index is 1.70. The van der Waals surface area contributed by atoms with Crippen LogP contribution in [0, 0.1) is 6.92 Å². The Morgan fingerprint density at radius 1 is 0.962 bits per heavy atom. The van der Waals surface area contributed by atoms with Gasteiger partial charge in [0.25, 0.3) is 0 Å². The van der Waals surface area contributed by atoms with Crippen molar-refractivity contribution in [1.29, 1.82) is 0 Å². The fourth-order valence-electron chi connectivity index (χ4n) is 4.80. The highest BCUT2D eigenvalue weighted by atomic mass is 15.6. The van der Waals surface area contributed by atoms with Crippen molar-refractivity contribution in [3.8, 4) is 0 Å². The average molecular weight is 354 g/mol. The summed E-state index contributed by atoms with van der Waals surface area (Å²) in [5.74, 6) is 1.02. The lowest BCUT2D eigenvalue weighted by Gasteiger charge is -2.37. The molecule has 0 amide bonds. The summed E-state index contributed by atoms with van der Waals surface area (Å²) in [5, 5.41) is 13.0. The van der Waals surface area contributed by atoms with Gasteiger partial charge in [-0.05, 0) is 55.6 Å². The molecule has 1 atom stereocenters. The van der Waals surface area contributed by atoms with Crippen LogP contribution < -0.4 is 0 Å². The predicted molar refractivity (Wildman–Crippen MR) is 103 cm³/mol. The van der Waals surface area contributed by atoms with Gasteiger partial charge in [-0.3, -0.25) is 4.90 Å². The molecular formula is C21H31N5. The van der Waals surface area contributed by atoms with Crippen LogP contribution in [0.25, 0.3) is 0 Å². The van der Waals surface area contributed by atoms with Crippen LogP contribution in [0.5, 0.6) is 0 Å². The number of hydrogen-bond acceptors (Lipinski definition) is 4. The second-order valence-corrected chi connectivity index (χ2v) is 8.19. The molecule has 0 bridgehead atoms. The Kier molecular flexibility index (Phi) is 5.34. The van der Waals surface area contributed by atoms with Gasteiger partial charge in [0, 0.05) is 6.04 Å². The molecule has 26 heavy (non-hydrogen) atoms. The molecule has 5 heteroatoms. The number of tetrazole rings is 1. The first-order valence-corrected chi connectivity index (χ1v) is 10.3. The van der Waals surface area contributed by atoms with Gasteiger partial charge < -0.3 is 0 Å². The number of rotatable bonds is 5. The Bertz CT molecular complexity index is 695. The van der Waals surface area contributed by atoms with Crippen LogP contribution in [0.2, 0.25) is 0 Å². The minimum absolute atomic E-state index is 0.134. The first kappa shape index (κ1) is 17.7. The van der Waals surface area contributed by atoms with Crippen LogP contribution in [0.4, 0.5) is 0 Å². The van der Waals surface area contributed by atoms with Gasteiger partial charge >= 0.3 is 0 Å². The minimum atomic E-state index is 0.134. The highest BCUT2D eigenvalue weighted by molar-refractivity contribution is 5.28. The number of aryl methyl sites for hydroxylation is 1. The SMILES string of the molecule is Cc1ccc([C@@H](c2nnnn2C2CCCC2)N(C)C2CCCCC2)cc1. The van der Waals surface area contributed by atoms with Crippen molar-refractivity contribution >= 4 is 0 Å². The maximum Gasteiger partial charge on any atom is 0.173 e. The molecule has 2 aliphatic carbocycles. The van der Waals surface area contributed by atoms with Crippen LogP contribution in [-0.4, -0.2) is 38.2 Å². The van der Waals surface area contributed by atoms with Crippen molar-refractivity contribution in [3.63, 3.8) is 0 Å². The van der Waals surface area contributed by atoms with E-state index in [1.165, 1.54) is 68.9 Å². The summed E-state index contributed by atoms with van der Waals surface area (Å²) in [4.78, 5) is 2.54. The lowest BCUT2D eigenvalue weighted by atomic mass is 9.92. The van der Waals surface area contributed by atoms with Gasteiger partial charge in [0.2, 0.25) is 0 Å². The number of hydrogen-bond donors (Lipinski definition) is 0. The molecule has 0 spiro atoms. The van der Waals surface area contributed by atoms with Crippen molar-refractivity contribution < 1.29 is 0 Å². The maximum absolute atomic E-state index is 4.54. The second-order valence-electron chi connectivity index (χ2n) is 8.19. The van der Waals surface area contributed by atoms with Crippen LogP contribution in [-0.2, 0) is 0 Å². The zero-order chi connectivity index (χ0) is 17.9. The largest absolute Gasteiger partial charge is 0.290 e. The van der Waals surface area contributed by atoms with E-state index in [0.717, 1.165) is 5.82 Å². The predicted octanol–water partition coefficient (Wildman–Crippen LogP) is 4.45. The van der Waals surface area contributed by atoms with E-state index in [0.29, 0.717) is 12.1 Å². The summed E-state index contributed by atoms with van der Waals surface area (Å²) < 4.78 is 2.14. The quantitative estimate of drug-likeness (QED) is 0.797. The Morgan fingerprint density at radius 2 is 1.62 bits per heavy atom. The smallest absolute Gasteiger partial charge is 0.173 e. The standard InChI is InChI=1S/C21H31N5/c1-16-12-14-17(15-13-16)20(25(2)18-8-4-3-5-9-18)21-22-23-24-26(21)19-10-6-7-11-19/h12-15,18-20H,3-11H2,1-2H3/t20-/m0/s1. The molecule has 2 fully saturated rings. The van der Waals surface area contributed by atoms with E-state index in [-0.39, 0.29) is 6.04 Å². The third kappa shape index (κ3) is 3.54. The molecule has 2 aromatic rings. The van der Waals surface area contributed by atoms with Gasteiger partial charge in [-0.2, -0.15) is 0 Å². The highest BCUT2D eigenvalue weighted by Gasteiger charge is 2.33. The molecule has 5 nitrogen and oxygen atoms in total. The van der Waals surface area contributed by atoms with Crippen LogP contribution in [0.3, 0.4) is 0 Å². The molecule has 140 valence electrons. The van der Waals surface area contributed by atoms with E-state index in [9.17, 15) is 0 Å². The Hall–Kier alpha value is -1.75. The molecular weight excluding hydrogens is 322 g/mol. The van der Waals surface area contributed by atoms with Crippen LogP contribution >= 0.6 is 0 Å². The zero-order valence-corrected chi connectivity index (χ0v) is 16.1. The van der Waals surface area contributed by atoms with Crippen molar-refractivity contribution in [3.05, 3.63) is 41.2 Å². The van der Waals surface area contributed by atoms with E-state index < -0.39 is 0 Å². The highest BCUT2D eigenvalue weighted by Crippen LogP contribution is 2.36. The molecule has 0 saturated heterocycles. The molecule has 1 aromatic carbocycles. The van der Waals surface area contributed by atoms with Gasteiger partial charge in [0.05, 0.1) is 12.1 Å². The minimum Gasteiger partial charge on any atom is -0.290 e. The van der Waals surface area contributed by atoms with E-state index in [2.05, 4.69) is 63.3 Å². The molecule has 0 radical (unpaired) electrons. The van der Waals surface area contributed by atoms with Gasteiger partial charge in [-0.15, -0.1) is 5.10 Å². The van der Waals surface area contributed by atoms with Crippen LogP contribution in [0.15, 0.2) is 24.3 Å². The number of nitrogens with zero attached hydrogens (tertiary/aromatic N) is 5. The Morgan fingerprint density at radius 3 is 2.31 bits per heavy atom. The van der Waals surface area contributed by atoms with Gasteiger partial charge in [0.1, 0.15) is 0 Å². The molecule has 1 heterocycles. The molecule has 0 aliphatic heterocycles. The van der Waals surface area contributed by atoms with Crippen molar-refractivity contribution in [1.82, 2.24) is 25.1 Å². The lowest BCUT2D eigenvalue weighted by Crippen LogP contribution is -2.38. The van der Waals surface area contributed by atoms with Crippen molar-refractivity contribution in [2.75, 3.05) is 7.05 Å². The fourth-order valence-corrected chi connectivity index (χ4v) is 4.80. The van der Waals surface area contributed by atoms with E-state index in [4.69, 9.17) is 0 Å². The molecule has 4 rings (SSSR count). The number of benzene rings is 1. The topological polar surface area (TPSA) is 46.8 Å². The lowest BCUT2D eigenvalue weighted by molar-refractivity contribution is 0.147. The Labute approximate surface area is 156 Å². The third-order valence-electron chi connectivity index (χ3n) is 6.38.